The molecule has 0 amide bonds. The second-order valence-corrected chi connectivity index (χ2v) is 4.14. The van der Waals surface area contributed by atoms with Gasteiger partial charge in [-0.25, -0.2) is 0 Å². The van der Waals surface area contributed by atoms with Crippen molar-refractivity contribution in [1.82, 2.24) is 14.7 Å². The lowest BCUT2D eigenvalue weighted by Crippen LogP contribution is -2.26. The third-order valence-corrected chi connectivity index (χ3v) is 2.96. The summed E-state index contributed by atoms with van der Waals surface area (Å²) in [6.07, 6.45) is 3.13. The van der Waals surface area contributed by atoms with Crippen LogP contribution in [-0.2, 0) is 6.54 Å². The molecule has 4 heteroatoms. The van der Waals surface area contributed by atoms with Crippen LogP contribution in [0.2, 0.25) is 0 Å². The second-order valence-electron chi connectivity index (χ2n) is 4.14. The lowest BCUT2D eigenvalue weighted by atomic mass is 10.3. The third kappa shape index (κ3) is 3.61. The van der Waals surface area contributed by atoms with Crippen LogP contribution in [0, 0.1) is 0 Å². The number of aliphatic hydroxyl groups is 1. The van der Waals surface area contributed by atoms with Crippen LogP contribution in [-0.4, -0.2) is 39.5 Å². The van der Waals surface area contributed by atoms with Crippen LogP contribution < -0.4 is 0 Å². The van der Waals surface area contributed by atoms with Crippen LogP contribution in [0.15, 0.2) is 12.3 Å². The minimum absolute atomic E-state index is 0.208. The first-order valence-corrected chi connectivity index (χ1v) is 6.08. The average Bonchev–Trinajstić information content (AvgIpc) is 2.76. The summed E-state index contributed by atoms with van der Waals surface area (Å²) in [5.74, 6) is 0. The molecular formula is C12H23N3O. The molecule has 1 N–H and O–H groups in total. The Balaban J connectivity index is 2.56. The SMILES string of the molecule is CCC(C)n1ccc(CN(CC)CCO)n1. The zero-order valence-electron chi connectivity index (χ0n) is 10.6. The Kier molecular flexibility index (Phi) is 5.49. The van der Waals surface area contributed by atoms with E-state index < -0.39 is 0 Å². The molecule has 1 atom stereocenters. The van der Waals surface area contributed by atoms with Gasteiger partial charge in [0, 0.05) is 25.3 Å². The maximum atomic E-state index is 8.91. The lowest BCUT2D eigenvalue weighted by Gasteiger charge is -2.17. The Morgan fingerprint density at radius 3 is 2.81 bits per heavy atom. The molecule has 0 aliphatic heterocycles. The molecule has 1 aromatic heterocycles. The average molecular weight is 225 g/mol. The van der Waals surface area contributed by atoms with E-state index in [1.54, 1.807) is 0 Å². The fraction of sp³-hybridized carbons (Fsp3) is 0.750. The maximum absolute atomic E-state index is 8.91. The zero-order valence-corrected chi connectivity index (χ0v) is 10.6. The molecule has 0 spiro atoms. The molecule has 0 bridgehead atoms. The highest BCUT2D eigenvalue weighted by molar-refractivity contribution is 4.99. The van der Waals surface area contributed by atoms with Gasteiger partial charge in [-0.3, -0.25) is 9.58 Å². The van der Waals surface area contributed by atoms with Crippen LogP contribution in [0.1, 0.15) is 38.9 Å². The smallest absolute Gasteiger partial charge is 0.0764 e. The Morgan fingerprint density at radius 2 is 2.25 bits per heavy atom. The summed E-state index contributed by atoms with van der Waals surface area (Å²) in [7, 11) is 0. The normalized spacial score (nSPS) is 13.3. The minimum Gasteiger partial charge on any atom is -0.395 e. The van der Waals surface area contributed by atoms with Crippen molar-refractivity contribution >= 4 is 0 Å². The number of nitrogens with zero attached hydrogens (tertiary/aromatic N) is 3. The van der Waals surface area contributed by atoms with E-state index in [0.717, 1.165) is 25.2 Å². The molecule has 0 aromatic carbocycles. The van der Waals surface area contributed by atoms with Crippen LogP contribution >= 0.6 is 0 Å². The molecule has 4 nitrogen and oxygen atoms in total. The van der Waals surface area contributed by atoms with Crippen molar-refractivity contribution in [2.24, 2.45) is 0 Å². The summed E-state index contributed by atoms with van der Waals surface area (Å²) < 4.78 is 2.02. The quantitative estimate of drug-likeness (QED) is 0.767. The number of aliphatic hydroxyl groups excluding tert-OH is 1. The van der Waals surface area contributed by atoms with Gasteiger partial charge in [-0.05, 0) is 26.0 Å². The van der Waals surface area contributed by atoms with E-state index in [-0.39, 0.29) is 6.61 Å². The van der Waals surface area contributed by atoms with Crippen LogP contribution in [0.5, 0.6) is 0 Å². The van der Waals surface area contributed by atoms with E-state index in [2.05, 4.69) is 36.8 Å². The largest absolute Gasteiger partial charge is 0.395 e. The Hall–Kier alpha value is -0.870. The summed E-state index contributed by atoms with van der Waals surface area (Å²) in [4.78, 5) is 2.18. The Labute approximate surface area is 97.9 Å². The standard InChI is InChI=1S/C12H23N3O/c1-4-11(3)15-7-6-12(13-15)10-14(5-2)8-9-16/h6-7,11,16H,4-5,8-10H2,1-3H3. The first-order chi connectivity index (χ1) is 7.71. The molecule has 1 aromatic rings. The van der Waals surface area contributed by atoms with Crippen LogP contribution in [0.25, 0.3) is 0 Å². The summed E-state index contributed by atoms with van der Waals surface area (Å²) in [6.45, 7) is 9.11. The number of likely N-dealkylation sites (N-methyl/N-ethyl adjacent to an activating group) is 1. The van der Waals surface area contributed by atoms with Crippen molar-refractivity contribution in [1.29, 1.82) is 0 Å². The first-order valence-electron chi connectivity index (χ1n) is 6.08. The molecule has 0 saturated heterocycles. The highest BCUT2D eigenvalue weighted by atomic mass is 16.3. The maximum Gasteiger partial charge on any atom is 0.0764 e. The van der Waals surface area contributed by atoms with Crippen molar-refractivity contribution in [2.75, 3.05) is 19.7 Å². The van der Waals surface area contributed by atoms with E-state index in [9.17, 15) is 0 Å². The van der Waals surface area contributed by atoms with E-state index in [1.807, 2.05) is 10.9 Å². The highest BCUT2D eigenvalue weighted by Gasteiger charge is 2.07. The molecule has 0 saturated carbocycles. The van der Waals surface area contributed by atoms with Crippen molar-refractivity contribution in [2.45, 2.75) is 39.8 Å². The van der Waals surface area contributed by atoms with Crippen molar-refractivity contribution in [3.63, 3.8) is 0 Å². The van der Waals surface area contributed by atoms with Gasteiger partial charge in [0.15, 0.2) is 0 Å². The number of rotatable bonds is 7. The van der Waals surface area contributed by atoms with Crippen molar-refractivity contribution in [3.8, 4) is 0 Å². The highest BCUT2D eigenvalue weighted by Crippen LogP contribution is 2.10. The van der Waals surface area contributed by atoms with Crippen molar-refractivity contribution in [3.05, 3.63) is 18.0 Å². The van der Waals surface area contributed by atoms with Gasteiger partial charge in [0.1, 0.15) is 0 Å². The molecule has 92 valence electrons. The molecule has 0 aliphatic carbocycles. The van der Waals surface area contributed by atoms with Crippen LogP contribution in [0.3, 0.4) is 0 Å². The van der Waals surface area contributed by atoms with E-state index >= 15 is 0 Å². The number of aromatic nitrogens is 2. The Morgan fingerprint density at radius 1 is 1.50 bits per heavy atom. The topological polar surface area (TPSA) is 41.3 Å². The molecule has 0 aliphatic rings. The fourth-order valence-corrected chi connectivity index (χ4v) is 1.61. The van der Waals surface area contributed by atoms with E-state index in [0.29, 0.717) is 12.6 Å². The molecule has 1 unspecified atom stereocenters. The molecule has 1 heterocycles. The van der Waals surface area contributed by atoms with Crippen molar-refractivity contribution < 1.29 is 5.11 Å². The van der Waals surface area contributed by atoms with Gasteiger partial charge in [-0.1, -0.05) is 13.8 Å². The third-order valence-electron chi connectivity index (χ3n) is 2.96. The second kappa shape index (κ2) is 6.66. The lowest BCUT2D eigenvalue weighted by molar-refractivity contribution is 0.195. The molecule has 0 radical (unpaired) electrons. The van der Waals surface area contributed by atoms with Gasteiger partial charge in [0.05, 0.1) is 12.3 Å². The molecule has 0 fully saturated rings. The van der Waals surface area contributed by atoms with Gasteiger partial charge in [-0.15, -0.1) is 0 Å². The molecule has 1 rings (SSSR count). The van der Waals surface area contributed by atoms with Crippen LogP contribution in [0.4, 0.5) is 0 Å². The summed E-state index contributed by atoms with van der Waals surface area (Å²) in [5, 5.41) is 13.5. The predicted octanol–water partition coefficient (Wildman–Crippen LogP) is 1.67. The van der Waals surface area contributed by atoms with Gasteiger partial charge in [0.25, 0.3) is 0 Å². The van der Waals surface area contributed by atoms with Gasteiger partial charge in [-0.2, -0.15) is 5.10 Å². The van der Waals surface area contributed by atoms with E-state index in [1.165, 1.54) is 0 Å². The minimum atomic E-state index is 0.208. The number of hydrogen-bond acceptors (Lipinski definition) is 3. The fourth-order valence-electron chi connectivity index (χ4n) is 1.61. The summed E-state index contributed by atoms with van der Waals surface area (Å²) in [5.41, 5.74) is 1.08. The molecule has 16 heavy (non-hydrogen) atoms. The predicted molar refractivity (Wildman–Crippen MR) is 65.3 cm³/mol. The van der Waals surface area contributed by atoms with Gasteiger partial charge >= 0.3 is 0 Å². The summed E-state index contributed by atoms with van der Waals surface area (Å²) >= 11 is 0. The van der Waals surface area contributed by atoms with Gasteiger partial charge < -0.3 is 5.11 Å². The first kappa shape index (κ1) is 13.2. The van der Waals surface area contributed by atoms with Gasteiger partial charge in [0.2, 0.25) is 0 Å². The zero-order chi connectivity index (χ0) is 12.0. The molecular weight excluding hydrogens is 202 g/mol. The van der Waals surface area contributed by atoms with E-state index in [4.69, 9.17) is 5.11 Å². The number of hydrogen-bond donors (Lipinski definition) is 1. The monoisotopic (exact) mass is 225 g/mol. The summed E-state index contributed by atoms with van der Waals surface area (Å²) in [6, 6.07) is 2.52. The Bertz CT molecular complexity index is 298.